The lowest BCUT2D eigenvalue weighted by Crippen LogP contribution is -2.70. The molecule has 2 fully saturated rings. The van der Waals surface area contributed by atoms with Gasteiger partial charge in [0.2, 0.25) is 0 Å². The third kappa shape index (κ3) is 3.29. The Morgan fingerprint density at radius 3 is 2.24 bits per heavy atom. The first-order valence-electron chi connectivity index (χ1n) is 9.62. The van der Waals surface area contributed by atoms with Gasteiger partial charge in [-0.2, -0.15) is 0 Å². The maximum atomic E-state index is 12.5. The van der Waals surface area contributed by atoms with E-state index in [4.69, 9.17) is 4.74 Å². The fraction of sp³-hybridized carbons (Fsp3) is 0.682. The van der Waals surface area contributed by atoms with Gasteiger partial charge in [-0.05, 0) is 49.0 Å². The maximum Gasteiger partial charge on any atom is 0.170 e. The largest absolute Gasteiger partial charge is 0.379 e. The molecule has 0 unspecified atom stereocenters. The molecule has 3 heteroatoms. The molecule has 2 atom stereocenters. The normalized spacial score (nSPS) is 36.1. The average molecular weight is 344 g/mol. The summed E-state index contributed by atoms with van der Waals surface area (Å²) in [7, 11) is 0. The van der Waals surface area contributed by atoms with E-state index >= 15 is 0 Å². The summed E-state index contributed by atoms with van der Waals surface area (Å²) in [4.78, 5) is 12.5. The second-order valence-corrected chi connectivity index (χ2v) is 9.24. The molecule has 2 aliphatic rings. The Balaban J connectivity index is 1.79. The van der Waals surface area contributed by atoms with Crippen LogP contribution >= 0.6 is 0 Å². The van der Waals surface area contributed by atoms with E-state index in [1.54, 1.807) is 0 Å². The molecule has 3 nitrogen and oxygen atoms in total. The number of rotatable bonds is 4. The molecule has 3 rings (SSSR count). The lowest BCUT2D eigenvalue weighted by molar-refractivity contribution is -0.236. The lowest BCUT2D eigenvalue weighted by atomic mass is 9.55. The second kappa shape index (κ2) is 6.51. The zero-order valence-corrected chi connectivity index (χ0v) is 16.0. The van der Waals surface area contributed by atoms with Crippen LogP contribution in [-0.4, -0.2) is 22.1 Å². The predicted octanol–water partition coefficient (Wildman–Crippen LogP) is 4.52. The molecule has 0 amide bonds. The van der Waals surface area contributed by atoms with Crippen LogP contribution in [0.5, 0.6) is 0 Å². The first kappa shape index (κ1) is 18.6. The summed E-state index contributed by atoms with van der Waals surface area (Å²) in [5.74, 6) is 0.523. The van der Waals surface area contributed by atoms with Crippen LogP contribution in [0, 0.1) is 17.3 Å². The van der Waals surface area contributed by atoms with Gasteiger partial charge in [0.15, 0.2) is 11.4 Å². The minimum atomic E-state index is -1.30. The Labute approximate surface area is 151 Å². The molecule has 0 radical (unpaired) electrons. The number of carbonyl (C=O) groups is 1. The van der Waals surface area contributed by atoms with Gasteiger partial charge < -0.3 is 9.84 Å². The van der Waals surface area contributed by atoms with Crippen molar-refractivity contribution >= 4 is 5.78 Å². The third-order valence-electron chi connectivity index (χ3n) is 6.59. The molecule has 2 aliphatic carbocycles. The van der Waals surface area contributed by atoms with E-state index in [9.17, 15) is 9.90 Å². The van der Waals surface area contributed by atoms with E-state index in [0.717, 1.165) is 31.2 Å². The number of aliphatic hydroxyl groups is 1. The fourth-order valence-corrected chi connectivity index (χ4v) is 4.75. The van der Waals surface area contributed by atoms with Crippen LogP contribution in [0.2, 0.25) is 0 Å². The summed E-state index contributed by atoms with van der Waals surface area (Å²) in [6, 6.07) is 10.0. The van der Waals surface area contributed by atoms with Gasteiger partial charge in [0.1, 0.15) is 5.60 Å². The molecule has 0 spiro atoms. The van der Waals surface area contributed by atoms with Crippen molar-refractivity contribution in [3.8, 4) is 0 Å². The van der Waals surface area contributed by atoms with Gasteiger partial charge >= 0.3 is 0 Å². The Hall–Kier alpha value is -1.19. The summed E-state index contributed by atoms with van der Waals surface area (Å²) in [5, 5.41) is 11.2. The molecule has 0 heterocycles. The maximum absolute atomic E-state index is 12.5. The van der Waals surface area contributed by atoms with Crippen LogP contribution in [0.1, 0.15) is 65.4 Å². The fourth-order valence-electron chi connectivity index (χ4n) is 4.75. The first-order chi connectivity index (χ1) is 11.7. The zero-order valence-electron chi connectivity index (χ0n) is 16.0. The Morgan fingerprint density at radius 1 is 1.16 bits per heavy atom. The molecule has 25 heavy (non-hydrogen) atoms. The van der Waals surface area contributed by atoms with Crippen LogP contribution in [0.15, 0.2) is 30.3 Å². The number of hydrogen-bond acceptors (Lipinski definition) is 3. The molecular weight excluding hydrogens is 312 g/mol. The van der Waals surface area contributed by atoms with Gasteiger partial charge in [-0.15, -0.1) is 0 Å². The number of ketones is 1. The highest BCUT2D eigenvalue weighted by molar-refractivity contribution is 5.96. The summed E-state index contributed by atoms with van der Waals surface area (Å²) in [6.45, 7) is 9.19. The van der Waals surface area contributed by atoms with Crippen molar-refractivity contribution in [2.45, 2.75) is 77.6 Å². The monoisotopic (exact) mass is 344 g/mol. The van der Waals surface area contributed by atoms with Crippen molar-refractivity contribution in [3.05, 3.63) is 35.9 Å². The highest BCUT2D eigenvalue weighted by atomic mass is 16.5. The zero-order chi connectivity index (χ0) is 18.3. The minimum absolute atomic E-state index is 0.0326. The van der Waals surface area contributed by atoms with Gasteiger partial charge in [0.25, 0.3) is 0 Å². The number of carbonyl (C=O) groups excluding carboxylic acids is 1. The SMILES string of the molecule is C[C@@H]1C[C@@](O)(C2(OCc3ccccc3)CCC(C(C)(C)C)CC2)C1=O. The molecular formula is C22H32O3. The third-order valence-corrected chi connectivity index (χ3v) is 6.59. The smallest absolute Gasteiger partial charge is 0.170 e. The second-order valence-electron chi connectivity index (χ2n) is 9.24. The molecule has 0 aromatic heterocycles. The van der Waals surface area contributed by atoms with Crippen molar-refractivity contribution in [2.75, 3.05) is 0 Å². The number of hydrogen-bond donors (Lipinski definition) is 1. The van der Waals surface area contributed by atoms with Crippen molar-refractivity contribution in [1.29, 1.82) is 0 Å². The number of Topliss-reactive ketones (excluding diaryl/α,β-unsaturated/α-hetero) is 1. The van der Waals surface area contributed by atoms with E-state index in [1.165, 1.54) is 0 Å². The standard InChI is InChI=1S/C22H32O3/c1-16-14-22(24,19(16)23)21(25-15-17-8-6-5-7-9-17)12-10-18(11-13-21)20(2,3)4/h5-9,16,18,24H,10-15H2,1-4H3/t16-,18?,21?,22+/m1/s1. The van der Waals surface area contributed by atoms with E-state index in [0.29, 0.717) is 18.9 Å². The predicted molar refractivity (Wildman–Crippen MR) is 99.1 cm³/mol. The summed E-state index contributed by atoms with van der Waals surface area (Å²) < 4.78 is 6.37. The van der Waals surface area contributed by atoms with Gasteiger partial charge in [0.05, 0.1) is 6.61 Å². The highest BCUT2D eigenvalue weighted by Crippen LogP contribution is 2.53. The molecule has 0 aliphatic heterocycles. The molecule has 1 aromatic rings. The van der Waals surface area contributed by atoms with Crippen molar-refractivity contribution in [3.63, 3.8) is 0 Å². The summed E-state index contributed by atoms with van der Waals surface area (Å²) >= 11 is 0. The van der Waals surface area contributed by atoms with Crippen molar-refractivity contribution < 1.29 is 14.6 Å². The van der Waals surface area contributed by atoms with Crippen LogP contribution in [-0.2, 0) is 16.1 Å². The molecule has 0 saturated heterocycles. The molecule has 138 valence electrons. The molecule has 1 aromatic carbocycles. The Bertz CT molecular complexity index is 608. The van der Waals surface area contributed by atoms with Gasteiger partial charge in [-0.3, -0.25) is 4.79 Å². The van der Waals surface area contributed by atoms with Gasteiger partial charge in [-0.1, -0.05) is 58.0 Å². The lowest BCUT2D eigenvalue weighted by Gasteiger charge is -2.56. The van der Waals surface area contributed by atoms with Crippen molar-refractivity contribution in [2.24, 2.45) is 17.3 Å². The number of ether oxygens (including phenoxy) is 1. The molecule has 1 N–H and O–H groups in total. The van der Waals surface area contributed by atoms with Crippen LogP contribution in [0.25, 0.3) is 0 Å². The summed E-state index contributed by atoms with van der Waals surface area (Å²) in [5.41, 5.74) is -0.688. The van der Waals surface area contributed by atoms with E-state index < -0.39 is 11.2 Å². The van der Waals surface area contributed by atoms with Gasteiger partial charge in [0, 0.05) is 5.92 Å². The highest BCUT2D eigenvalue weighted by Gasteiger charge is 2.64. The Kier molecular flexibility index (Phi) is 4.85. The van der Waals surface area contributed by atoms with Crippen LogP contribution in [0.4, 0.5) is 0 Å². The van der Waals surface area contributed by atoms with E-state index in [1.807, 2.05) is 37.3 Å². The minimum Gasteiger partial charge on any atom is -0.379 e. The topological polar surface area (TPSA) is 46.5 Å². The first-order valence-corrected chi connectivity index (χ1v) is 9.62. The number of benzene rings is 1. The van der Waals surface area contributed by atoms with E-state index in [-0.39, 0.29) is 17.1 Å². The van der Waals surface area contributed by atoms with Crippen LogP contribution < -0.4 is 0 Å². The van der Waals surface area contributed by atoms with Gasteiger partial charge in [-0.25, -0.2) is 0 Å². The molecule has 0 bridgehead atoms. The quantitative estimate of drug-likeness (QED) is 0.873. The van der Waals surface area contributed by atoms with Crippen LogP contribution in [0.3, 0.4) is 0 Å². The van der Waals surface area contributed by atoms with E-state index in [2.05, 4.69) is 20.8 Å². The Morgan fingerprint density at radius 2 is 1.76 bits per heavy atom. The van der Waals surface area contributed by atoms with Crippen molar-refractivity contribution in [1.82, 2.24) is 0 Å². The average Bonchev–Trinajstić information content (AvgIpc) is 2.60. The summed E-state index contributed by atoms with van der Waals surface area (Å²) in [6.07, 6.45) is 4.05. The molecule has 2 saturated carbocycles.